The first-order valence-corrected chi connectivity index (χ1v) is 11.3. The van der Waals surface area contributed by atoms with E-state index in [9.17, 15) is 18.7 Å². The normalized spacial score (nSPS) is 18.1. The fraction of sp³-hybridized carbons (Fsp3) is 0.238. The van der Waals surface area contributed by atoms with Crippen molar-refractivity contribution in [2.75, 3.05) is 11.6 Å². The summed E-state index contributed by atoms with van der Waals surface area (Å²) in [5, 5.41) is 25.5. The molecular formula is C21H19F2N5O2S2. The van der Waals surface area contributed by atoms with Crippen LogP contribution in [0.15, 0.2) is 47.6 Å². The number of aromatic carboxylic acids is 1. The molecule has 0 radical (unpaired) electrons. The number of halogens is 2. The molecule has 32 heavy (non-hydrogen) atoms. The number of carboxylic acid groups (broad SMARTS) is 1. The molecule has 1 aliphatic heterocycles. The molecule has 0 aliphatic carbocycles. The number of hydrogen-bond acceptors (Lipinski definition) is 8. The molecule has 0 fully saturated rings. The summed E-state index contributed by atoms with van der Waals surface area (Å²) in [6, 6.07) is 9.69. The van der Waals surface area contributed by atoms with E-state index in [-0.39, 0.29) is 16.2 Å². The van der Waals surface area contributed by atoms with Gasteiger partial charge in [0.15, 0.2) is 0 Å². The van der Waals surface area contributed by atoms with Crippen LogP contribution in [-0.4, -0.2) is 32.9 Å². The molecule has 0 bridgehead atoms. The molecule has 3 N–H and O–H groups in total. The molecule has 2 heterocycles. The van der Waals surface area contributed by atoms with Crippen molar-refractivity contribution in [3.8, 4) is 0 Å². The number of anilines is 1. The van der Waals surface area contributed by atoms with Gasteiger partial charge in [0.25, 0.3) is 0 Å². The van der Waals surface area contributed by atoms with Gasteiger partial charge in [-0.1, -0.05) is 35.2 Å². The first kappa shape index (κ1) is 22.3. The maximum absolute atomic E-state index is 14.6. The second kappa shape index (κ2) is 8.93. The van der Waals surface area contributed by atoms with Gasteiger partial charge in [-0.3, -0.25) is 0 Å². The van der Waals surface area contributed by atoms with Gasteiger partial charge in [0.05, 0.1) is 5.56 Å². The molecule has 166 valence electrons. The lowest BCUT2D eigenvalue weighted by Crippen LogP contribution is -2.38. The number of thioether (sulfide) groups is 1. The molecule has 1 unspecified atom stereocenters. The van der Waals surface area contributed by atoms with Crippen molar-refractivity contribution < 1.29 is 18.7 Å². The van der Waals surface area contributed by atoms with Crippen LogP contribution in [0.25, 0.3) is 0 Å². The van der Waals surface area contributed by atoms with Gasteiger partial charge in [0.2, 0.25) is 5.13 Å². The van der Waals surface area contributed by atoms with Crippen LogP contribution in [0, 0.1) is 18.6 Å². The molecule has 1 atom stereocenters. The lowest BCUT2D eigenvalue weighted by molar-refractivity contribution is 0.0696. The van der Waals surface area contributed by atoms with E-state index in [2.05, 4.69) is 15.3 Å². The van der Waals surface area contributed by atoms with Crippen LogP contribution in [-0.2, 0) is 4.87 Å². The Balaban J connectivity index is 1.91. The van der Waals surface area contributed by atoms with Crippen molar-refractivity contribution in [3.05, 3.63) is 75.8 Å². The van der Waals surface area contributed by atoms with Gasteiger partial charge in [-0.05, 0) is 62.2 Å². The lowest BCUT2D eigenvalue weighted by Gasteiger charge is -2.35. The van der Waals surface area contributed by atoms with Crippen LogP contribution in [0.3, 0.4) is 0 Å². The number of carboxylic acids is 1. The zero-order valence-corrected chi connectivity index (χ0v) is 18.6. The summed E-state index contributed by atoms with van der Waals surface area (Å²) in [4.78, 5) is 10.7. The number of carbonyl (C=O) groups is 1. The Labute approximate surface area is 191 Å². The zero-order chi connectivity index (χ0) is 22.9. The smallest absolute Gasteiger partial charge is 0.335 e. The summed E-state index contributed by atoms with van der Waals surface area (Å²) >= 11 is 2.52. The van der Waals surface area contributed by atoms with E-state index >= 15 is 0 Å². The number of hydrogen-bond donors (Lipinski definition) is 2. The number of rotatable bonds is 7. The van der Waals surface area contributed by atoms with Crippen molar-refractivity contribution in [2.24, 2.45) is 10.8 Å². The first-order valence-electron chi connectivity index (χ1n) is 9.71. The monoisotopic (exact) mass is 475 g/mol. The highest BCUT2D eigenvalue weighted by molar-refractivity contribution is 8.15. The van der Waals surface area contributed by atoms with Crippen LogP contribution in [0.1, 0.15) is 39.3 Å². The fourth-order valence-corrected chi connectivity index (χ4v) is 5.64. The predicted octanol–water partition coefficient (Wildman–Crippen LogP) is 4.33. The number of hydrazone groups is 1. The number of nitrogens with zero attached hydrogens (tertiary/aromatic N) is 4. The second-order valence-electron chi connectivity index (χ2n) is 7.11. The third-order valence-corrected chi connectivity index (χ3v) is 7.19. The molecular weight excluding hydrogens is 456 g/mol. The van der Waals surface area contributed by atoms with Crippen LogP contribution in [0.2, 0.25) is 0 Å². The summed E-state index contributed by atoms with van der Waals surface area (Å²) in [5.41, 5.74) is 6.57. The molecule has 0 saturated carbocycles. The van der Waals surface area contributed by atoms with Crippen molar-refractivity contribution in [1.29, 1.82) is 0 Å². The maximum Gasteiger partial charge on any atom is 0.335 e. The van der Waals surface area contributed by atoms with Crippen molar-refractivity contribution in [2.45, 2.75) is 24.6 Å². The van der Waals surface area contributed by atoms with E-state index in [1.54, 1.807) is 30.1 Å². The highest BCUT2D eigenvalue weighted by Gasteiger charge is 2.48. The Morgan fingerprint density at radius 2 is 2.03 bits per heavy atom. The van der Waals surface area contributed by atoms with Gasteiger partial charge >= 0.3 is 5.97 Å². The standard InChI is InChI=1S/C21H19F2N5O2S2/c1-12-25-26-20(31-12)28-21(8-3-9-24,14-5-2-4-13(10-14)19(29)30)32-18(27-28)16-11-15(22)6-7-17(16)23/h2,4-7,10-11H,3,8-9,24H2,1H3,(H,29,30). The summed E-state index contributed by atoms with van der Waals surface area (Å²) in [7, 11) is 0. The number of nitrogens with two attached hydrogens (primary N) is 1. The second-order valence-corrected chi connectivity index (χ2v) is 9.54. The average Bonchev–Trinajstić information content (AvgIpc) is 3.38. The fourth-order valence-electron chi connectivity index (χ4n) is 3.45. The third-order valence-electron chi connectivity index (χ3n) is 4.93. The van der Waals surface area contributed by atoms with E-state index in [0.717, 1.165) is 18.2 Å². The average molecular weight is 476 g/mol. The van der Waals surface area contributed by atoms with Crippen LogP contribution in [0.4, 0.5) is 13.9 Å². The molecule has 1 aliphatic rings. The zero-order valence-electron chi connectivity index (χ0n) is 17.0. The van der Waals surface area contributed by atoms with Gasteiger partial charge < -0.3 is 10.8 Å². The van der Waals surface area contributed by atoms with Crippen LogP contribution in [0.5, 0.6) is 0 Å². The molecule has 1 aromatic heterocycles. The summed E-state index contributed by atoms with van der Waals surface area (Å²) in [6.45, 7) is 2.18. The van der Waals surface area contributed by atoms with Crippen molar-refractivity contribution in [3.63, 3.8) is 0 Å². The minimum absolute atomic E-state index is 0.0187. The molecule has 0 spiro atoms. The number of aromatic nitrogens is 2. The van der Waals surface area contributed by atoms with E-state index in [0.29, 0.717) is 35.1 Å². The summed E-state index contributed by atoms with van der Waals surface area (Å²) in [5.74, 6) is -2.27. The molecule has 3 aromatic rings. The maximum atomic E-state index is 14.6. The molecule has 4 rings (SSSR count). The topological polar surface area (TPSA) is 105 Å². The first-order chi connectivity index (χ1) is 15.3. The van der Waals surface area contributed by atoms with Gasteiger partial charge in [0, 0.05) is 5.56 Å². The Morgan fingerprint density at radius 3 is 2.72 bits per heavy atom. The van der Waals surface area contributed by atoms with Gasteiger partial charge in [-0.25, -0.2) is 18.6 Å². The van der Waals surface area contributed by atoms with Crippen LogP contribution < -0.4 is 10.7 Å². The molecule has 7 nitrogen and oxygen atoms in total. The predicted molar refractivity (Wildman–Crippen MR) is 121 cm³/mol. The van der Waals surface area contributed by atoms with E-state index in [1.807, 2.05) is 0 Å². The Morgan fingerprint density at radius 1 is 1.22 bits per heavy atom. The minimum atomic E-state index is -1.07. The highest BCUT2D eigenvalue weighted by atomic mass is 32.2. The SMILES string of the molecule is Cc1nnc(N2N=C(c3cc(F)ccc3F)SC2(CCCN)c2cccc(C(=O)O)c2)s1. The number of benzene rings is 2. The Bertz CT molecular complexity index is 1200. The summed E-state index contributed by atoms with van der Waals surface area (Å²) < 4.78 is 28.6. The van der Waals surface area contributed by atoms with E-state index in [4.69, 9.17) is 5.73 Å². The third kappa shape index (κ3) is 4.10. The molecule has 2 aromatic carbocycles. The highest BCUT2D eigenvalue weighted by Crippen LogP contribution is 2.52. The molecule has 0 amide bonds. The van der Waals surface area contributed by atoms with Crippen molar-refractivity contribution >= 4 is 39.2 Å². The molecule has 0 saturated heterocycles. The lowest BCUT2D eigenvalue weighted by atomic mass is 9.98. The van der Waals surface area contributed by atoms with Gasteiger partial charge in [-0.2, -0.15) is 5.10 Å². The van der Waals surface area contributed by atoms with Gasteiger partial charge in [0.1, 0.15) is 26.6 Å². The molecule has 11 heteroatoms. The summed E-state index contributed by atoms with van der Waals surface area (Å²) in [6.07, 6.45) is 1.03. The Kier molecular flexibility index (Phi) is 6.22. The largest absolute Gasteiger partial charge is 0.478 e. The Hall–Kier alpha value is -2.89. The number of aryl methyl sites for hydroxylation is 1. The van der Waals surface area contributed by atoms with E-state index < -0.39 is 22.5 Å². The van der Waals surface area contributed by atoms with Gasteiger partial charge in [-0.15, -0.1) is 10.2 Å². The van der Waals surface area contributed by atoms with Crippen molar-refractivity contribution in [1.82, 2.24) is 10.2 Å². The quantitative estimate of drug-likeness (QED) is 0.524. The van der Waals surface area contributed by atoms with Crippen LogP contribution >= 0.6 is 23.1 Å². The minimum Gasteiger partial charge on any atom is -0.478 e. The van der Waals surface area contributed by atoms with E-state index in [1.165, 1.54) is 29.2 Å².